The molecule has 1 heterocycles. The number of hydrogen-bond acceptors (Lipinski definition) is 5. The van der Waals surface area contributed by atoms with Crippen molar-refractivity contribution < 1.29 is 23.4 Å². The molecular weight excluding hydrogens is 314 g/mol. The normalized spacial score (nSPS) is 13.0. The molecule has 3 N–H and O–H groups in total. The lowest BCUT2D eigenvalue weighted by Crippen LogP contribution is -2.30. The lowest BCUT2D eigenvalue weighted by molar-refractivity contribution is 0.0702. The molecule has 0 fully saturated rings. The van der Waals surface area contributed by atoms with Gasteiger partial charge < -0.3 is 10.2 Å². The van der Waals surface area contributed by atoms with Crippen LogP contribution >= 0.6 is 11.3 Å². The monoisotopic (exact) mass is 327 g/mol. The van der Waals surface area contributed by atoms with Gasteiger partial charge in [0, 0.05) is 0 Å². The van der Waals surface area contributed by atoms with Crippen LogP contribution in [-0.4, -0.2) is 31.2 Å². The molecule has 0 amide bonds. The van der Waals surface area contributed by atoms with Crippen LogP contribution in [0.5, 0.6) is 0 Å². The summed E-state index contributed by atoms with van der Waals surface area (Å²) < 4.78 is 26.7. The lowest BCUT2D eigenvalue weighted by atomic mass is 10.1. The number of nitrogens with one attached hydrogen (secondary N) is 1. The molecule has 1 unspecified atom stereocenters. The summed E-state index contributed by atoms with van der Waals surface area (Å²) in [7, 11) is -3.89. The zero-order chi connectivity index (χ0) is 15.5. The Balaban J connectivity index is 2.25. The molecule has 1 aromatic heterocycles. The minimum atomic E-state index is -3.89. The van der Waals surface area contributed by atoms with Crippen LogP contribution in [0.4, 0.5) is 0 Å². The van der Waals surface area contributed by atoms with Crippen LogP contribution in [0.1, 0.15) is 21.3 Å². The number of benzene rings is 1. The largest absolute Gasteiger partial charge is 0.477 e. The average Bonchev–Trinajstić information content (AvgIpc) is 2.96. The van der Waals surface area contributed by atoms with E-state index >= 15 is 0 Å². The van der Waals surface area contributed by atoms with Gasteiger partial charge in [-0.25, -0.2) is 17.9 Å². The van der Waals surface area contributed by atoms with Crippen LogP contribution in [0, 0.1) is 0 Å². The maximum absolute atomic E-state index is 12.2. The fourth-order valence-electron chi connectivity index (χ4n) is 1.72. The van der Waals surface area contributed by atoms with Crippen molar-refractivity contribution in [1.29, 1.82) is 0 Å². The molecule has 0 spiro atoms. The summed E-state index contributed by atoms with van der Waals surface area (Å²) in [5.74, 6) is -1.18. The molecule has 21 heavy (non-hydrogen) atoms. The van der Waals surface area contributed by atoms with Crippen LogP contribution in [0.15, 0.2) is 46.7 Å². The Kier molecular flexibility index (Phi) is 4.73. The minimum absolute atomic E-state index is 0.0596. The summed E-state index contributed by atoms with van der Waals surface area (Å²) in [6, 6.07) is 10.3. The maximum Gasteiger partial charge on any atom is 0.345 e. The van der Waals surface area contributed by atoms with Crippen molar-refractivity contribution in [2.75, 3.05) is 6.61 Å². The molecular formula is C13H13NO5S2. The first-order valence-corrected chi connectivity index (χ1v) is 8.25. The third-order valence-corrected chi connectivity index (χ3v) is 5.78. The number of aliphatic hydroxyl groups excluding tert-OH is 1. The van der Waals surface area contributed by atoms with E-state index in [1.165, 1.54) is 12.1 Å². The quantitative estimate of drug-likeness (QED) is 0.745. The molecule has 0 aliphatic carbocycles. The van der Waals surface area contributed by atoms with Crippen LogP contribution in [0.3, 0.4) is 0 Å². The van der Waals surface area contributed by atoms with E-state index in [0.717, 1.165) is 0 Å². The second-order valence-electron chi connectivity index (χ2n) is 4.19. The van der Waals surface area contributed by atoms with Gasteiger partial charge in [0.25, 0.3) is 10.0 Å². The molecule has 0 saturated heterocycles. The van der Waals surface area contributed by atoms with E-state index in [-0.39, 0.29) is 9.09 Å². The van der Waals surface area contributed by atoms with Gasteiger partial charge in [0.2, 0.25) is 0 Å². The van der Waals surface area contributed by atoms with Crippen molar-refractivity contribution in [3.8, 4) is 0 Å². The highest BCUT2D eigenvalue weighted by Crippen LogP contribution is 2.23. The van der Waals surface area contributed by atoms with E-state index in [1.54, 1.807) is 30.3 Å². The third kappa shape index (κ3) is 3.67. The molecule has 6 nitrogen and oxygen atoms in total. The number of hydrogen-bond donors (Lipinski definition) is 3. The first kappa shape index (κ1) is 15.6. The molecule has 112 valence electrons. The van der Waals surface area contributed by atoms with Crippen molar-refractivity contribution in [1.82, 2.24) is 4.72 Å². The number of carboxylic acids is 1. The summed E-state index contributed by atoms with van der Waals surface area (Å²) in [6.45, 7) is -0.402. The number of sulfonamides is 1. The Labute approximate surface area is 125 Å². The van der Waals surface area contributed by atoms with Crippen molar-refractivity contribution in [3.63, 3.8) is 0 Å². The zero-order valence-electron chi connectivity index (χ0n) is 10.8. The maximum atomic E-state index is 12.2. The van der Waals surface area contributed by atoms with Crippen LogP contribution in [-0.2, 0) is 10.0 Å². The summed E-state index contributed by atoms with van der Waals surface area (Å²) in [6.07, 6.45) is 0. The van der Waals surface area contributed by atoms with E-state index < -0.39 is 28.6 Å². The van der Waals surface area contributed by atoms with Crippen molar-refractivity contribution in [2.45, 2.75) is 10.3 Å². The Morgan fingerprint density at radius 2 is 1.86 bits per heavy atom. The smallest absolute Gasteiger partial charge is 0.345 e. The molecule has 2 rings (SSSR count). The molecule has 0 aliphatic heterocycles. The first-order chi connectivity index (χ1) is 9.94. The lowest BCUT2D eigenvalue weighted by Gasteiger charge is -2.16. The van der Waals surface area contributed by atoms with Crippen molar-refractivity contribution in [3.05, 3.63) is 52.9 Å². The molecule has 0 bridgehead atoms. The van der Waals surface area contributed by atoms with Crippen molar-refractivity contribution >= 4 is 27.3 Å². The summed E-state index contributed by atoms with van der Waals surface area (Å²) in [5, 5.41) is 18.2. The molecule has 1 aromatic carbocycles. The van der Waals surface area contributed by atoms with E-state index in [2.05, 4.69) is 4.72 Å². The third-order valence-electron chi connectivity index (χ3n) is 2.74. The Bertz CT molecular complexity index is 724. The molecule has 1 atom stereocenters. The SMILES string of the molecule is O=C(O)c1ccc(S(=O)(=O)NC(CO)c2ccccc2)s1. The Morgan fingerprint density at radius 3 is 2.38 bits per heavy atom. The van der Waals surface area contributed by atoms with E-state index in [4.69, 9.17) is 5.11 Å². The predicted molar refractivity (Wildman–Crippen MR) is 77.9 cm³/mol. The van der Waals surface area contributed by atoms with E-state index in [9.17, 15) is 18.3 Å². The second kappa shape index (κ2) is 6.35. The van der Waals surface area contributed by atoms with Gasteiger partial charge in [0.1, 0.15) is 9.09 Å². The minimum Gasteiger partial charge on any atom is -0.477 e. The van der Waals surface area contributed by atoms with E-state index in [0.29, 0.717) is 16.9 Å². The fourth-order valence-corrected chi connectivity index (χ4v) is 4.10. The summed E-state index contributed by atoms with van der Waals surface area (Å²) in [5.41, 5.74) is 0.624. The highest BCUT2D eigenvalue weighted by atomic mass is 32.2. The highest BCUT2D eigenvalue weighted by molar-refractivity contribution is 7.91. The molecule has 0 radical (unpaired) electrons. The number of thiophene rings is 1. The van der Waals surface area contributed by atoms with Crippen LogP contribution in [0.2, 0.25) is 0 Å². The number of aromatic carboxylic acids is 1. The summed E-state index contributed by atoms with van der Waals surface area (Å²) in [4.78, 5) is 10.7. The van der Waals surface area contributed by atoms with E-state index in [1.807, 2.05) is 0 Å². The number of carboxylic acid groups (broad SMARTS) is 1. The highest BCUT2D eigenvalue weighted by Gasteiger charge is 2.23. The van der Waals surface area contributed by atoms with Gasteiger partial charge in [-0.15, -0.1) is 11.3 Å². The van der Waals surface area contributed by atoms with Crippen LogP contribution in [0.25, 0.3) is 0 Å². The standard InChI is InChI=1S/C13H13NO5S2/c15-8-10(9-4-2-1-3-5-9)14-21(18,19)12-7-6-11(20-12)13(16)17/h1-7,10,14-15H,8H2,(H,16,17). The van der Waals surface area contributed by atoms with Gasteiger partial charge in [-0.3, -0.25) is 0 Å². The molecule has 8 heteroatoms. The number of aliphatic hydroxyl groups is 1. The predicted octanol–water partition coefficient (Wildman–Crippen LogP) is 1.46. The average molecular weight is 327 g/mol. The topological polar surface area (TPSA) is 104 Å². The number of rotatable bonds is 6. The summed E-state index contributed by atoms with van der Waals surface area (Å²) >= 11 is 0.664. The van der Waals surface area contributed by atoms with Crippen molar-refractivity contribution in [2.24, 2.45) is 0 Å². The van der Waals surface area contributed by atoms with Crippen LogP contribution < -0.4 is 4.72 Å². The second-order valence-corrected chi connectivity index (χ2v) is 7.22. The Hall–Kier alpha value is -1.74. The van der Waals surface area contributed by atoms with Gasteiger partial charge in [-0.2, -0.15) is 0 Å². The molecule has 2 aromatic rings. The number of carbonyl (C=O) groups is 1. The van der Waals surface area contributed by atoms with Gasteiger partial charge in [0.05, 0.1) is 12.6 Å². The van der Waals surface area contributed by atoms with Gasteiger partial charge >= 0.3 is 5.97 Å². The zero-order valence-corrected chi connectivity index (χ0v) is 12.4. The van der Waals surface area contributed by atoms with Gasteiger partial charge in [-0.1, -0.05) is 30.3 Å². The fraction of sp³-hybridized carbons (Fsp3) is 0.154. The van der Waals surface area contributed by atoms with Gasteiger partial charge in [-0.05, 0) is 17.7 Å². The first-order valence-electron chi connectivity index (χ1n) is 5.95. The molecule has 0 aliphatic rings. The Morgan fingerprint density at radius 1 is 1.19 bits per heavy atom. The van der Waals surface area contributed by atoms with Gasteiger partial charge in [0.15, 0.2) is 0 Å². The molecule has 0 saturated carbocycles.